The van der Waals surface area contributed by atoms with Crippen LogP contribution >= 0.6 is 0 Å². The summed E-state index contributed by atoms with van der Waals surface area (Å²) in [6, 6.07) is 15.4. The molecule has 1 aromatic heterocycles. The number of ether oxygens (including phenoxy) is 1. The highest BCUT2D eigenvalue weighted by atomic mass is 16.5. The van der Waals surface area contributed by atoms with Gasteiger partial charge in [0.2, 0.25) is 5.91 Å². The lowest BCUT2D eigenvalue weighted by atomic mass is 9.82. The van der Waals surface area contributed by atoms with Crippen LogP contribution in [-0.2, 0) is 21.5 Å². The maximum atomic E-state index is 13.0. The number of aryl methyl sites for hydroxylation is 3. The molecule has 0 bridgehead atoms. The van der Waals surface area contributed by atoms with Gasteiger partial charge in [0.15, 0.2) is 0 Å². The van der Waals surface area contributed by atoms with Crippen molar-refractivity contribution in [1.29, 1.82) is 0 Å². The zero-order valence-electron chi connectivity index (χ0n) is 20.9. The summed E-state index contributed by atoms with van der Waals surface area (Å²) in [6.45, 7) is 15.9. The molecule has 2 aromatic carbocycles. The Hall–Kier alpha value is -2.59. The number of hydrogen-bond donors (Lipinski definition) is 1. The zero-order valence-corrected chi connectivity index (χ0v) is 20.9. The van der Waals surface area contributed by atoms with E-state index in [0.717, 1.165) is 30.5 Å². The number of rotatable bonds is 7. The number of fused-ring (bicyclic) bond motifs is 1. The van der Waals surface area contributed by atoms with Crippen LogP contribution in [0.5, 0.6) is 0 Å². The summed E-state index contributed by atoms with van der Waals surface area (Å²) in [7, 11) is 1.75. The van der Waals surface area contributed by atoms with E-state index in [1.165, 1.54) is 27.9 Å². The van der Waals surface area contributed by atoms with Crippen molar-refractivity contribution >= 4 is 16.8 Å². The zero-order chi connectivity index (χ0) is 23.7. The van der Waals surface area contributed by atoms with Crippen LogP contribution in [-0.4, -0.2) is 29.7 Å². The minimum absolute atomic E-state index is 0.0402. The highest BCUT2D eigenvalue weighted by Gasteiger charge is 2.32. The molecule has 3 rings (SSSR count). The van der Waals surface area contributed by atoms with Crippen LogP contribution in [0.25, 0.3) is 22.2 Å². The van der Waals surface area contributed by atoms with E-state index < -0.39 is 5.41 Å². The topological polar surface area (TPSA) is 43.3 Å². The highest BCUT2D eigenvalue weighted by Crippen LogP contribution is 2.33. The van der Waals surface area contributed by atoms with Crippen LogP contribution in [0.3, 0.4) is 0 Å². The summed E-state index contributed by atoms with van der Waals surface area (Å²) in [5.41, 5.74) is 6.26. The van der Waals surface area contributed by atoms with Gasteiger partial charge in [0.05, 0.1) is 5.41 Å². The Morgan fingerprint density at radius 3 is 2.22 bits per heavy atom. The van der Waals surface area contributed by atoms with Crippen molar-refractivity contribution in [2.45, 2.75) is 72.4 Å². The number of methoxy groups -OCH3 is 1. The van der Waals surface area contributed by atoms with E-state index in [-0.39, 0.29) is 11.4 Å². The van der Waals surface area contributed by atoms with Crippen molar-refractivity contribution < 1.29 is 9.53 Å². The number of nitrogens with zero attached hydrogens (tertiary/aromatic N) is 1. The average Bonchev–Trinajstić information content (AvgIpc) is 3.04. The van der Waals surface area contributed by atoms with Gasteiger partial charge in [0.1, 0.15) is 0 Å². The van der Waals surface area contributed by atoms with Gasteiger partial charge in [-0.3, -0.25) is 4.79 Å². The van der Waals surface area contributed by atoms with Crippen molar-refractivity contribution in [1.82, 2.24) is 9.88 Å². The molecule has 0 radical (unpaired) electrons. The maximum Gasteiger partial charge on any atom is 0.230 e. The van der Waals surface area contributed by atoms with E-state index in [4.69, 9.17) is 4.74 Å². The van der Waals surface area contributed by atoms with Crippen molar-refractivity contribution in [2.75, 3.05) is 13.7 Å². The van der Waals surface area contributed by atoms with Gasteiger partial charge in [-0.15, -0.1) is 0 Å². The van der Waals surface area contributed by atoms with Crippen molar-refractivity contribution in [3.8, 4) is 11.3 Å². The fourth-order valence-electron chi connectivity index (χ4n) is 4.26. The lowest BCUT2D eigenvalue weighted by molar-refractivity contribution is -0.127. The first-order chi connectivity index (χ1) is 14.9. The number of hydrogen-bond acceptors (Lipinski definition) is 2. The van der Waals surface area contributed by atoms with Crippen molar-refractivity contribution in [3.05, 3.63) is 59.2 Å². The molecular weight excluding hydrogens is 396 g/mol. The van der Waals surface area contributed by atoms with Crippen molar-refractivity contribution in [3.63, 3.8) is 0 Å². The van der Waals surface area contributed by atoms with Crippen LogP contribution in [0, 0.1) is 13.8 Å². The largest absolute Gasteiger partial charge is 0.385 e. The van der Waals surface area contributed by atoms with E-state index in [1.807, 2.05) is 34.6 Å². The Balaban J connectivity index is 2.10. The molecule has 0 saturated heterocycles. The molecule has 0 atom stereocenters. The summed E-state index contributed by atoms with van der Waals surface area (Å²) in [4.78, 5) is 13.0. The van der Waals surface area contributed by atoms with E-state index in [9.17, 15) is 4.79 Å². The van der Waals surface area contributed by atoms with Crippen LogP contribution in [0.1, 0.15) is 57.7 Å². The van der Waals surface area contributed by atoms with E-state index in [2.05, 4.69) is 66.2 Å². The van der Waals surface area contributed by atoms with Crippen molar-refractivity contribution in [2.24, 2.45) is 0 Å². The predicted molar refractivity (Wildman–Crippen MR) is 134 cm³/mol. The monoisotopic (exact) mass is 434 g/mol. The molecular formula is C28H38N2O2. The van der Waals surface area contributed by atoms with Gasteiger partial charge in [0.25, 0.3) is 0 Å². The van der Waals surface area contributed by atoms with Gasteiger partial charge in [-0.05, 0) is 96.3 Å². The highest BCUT2D eigenvalue weighted by molar-refractivity contribution is 5.92. The smallest absolute Gasteiger partial charge is 0.230 e. The quantitative estimate of drug-likeness (QED) is 0.453. The van der Waals surface area contributed by atoms with E-state index in [1.54, 1.807) is 7.11 Å². The summed E-state index contributed by atoms with van der Waals surface area (Å²) in [5, 5.41) is 4.30. The third-order valence-electron chi connectivity index (χ3n) is 5.93. The van der Waals surface area contributed by atoms with E-state index >= 15 is 0 Å². The molecule has 4 nitrogen and oxygen atoms in total. The fraction of sp³-hybridized carbons (Fsp3) is 0.464. The number of benzene rings is 2. The SMILES string of the molecule is COCCCn1c(-c2cc(C)cc(C)c2)cc2cc(C(C)(C)C(=O)NC(C)(C)C)ccc21. The Morgan fingerprint density at radius 1 is 0.969 bits per heavy atom. The Labute approximate surface area is 193 Å². The number of carbonyl (C=O) groups excluding carboxylic acids is 1. The third-order valence-corrected chi connectivity index (χ3v) is 5.93. The van der Waals surface area contributed by atoms with Gasteiger partial charge in [-0.1, -0.05) is 23.3 Å². The summed E-state index contributed by atoms with van der Waals surface area (Å²) >= 11 is 0. The molecule has 4 heteroatoms. The molecule has 1 amide bonds. The fourth-order valence-corrected chi connectivity index (χ4v) is 4.26. The first-order valence-corrected chi connectivity index (χ1v) is 11.5. The molecule has 0 unspecified atom stereocenters. The first kappa shape index (κ1) is 24.1. The number of amides is 1. The van der Waals surface area contributed by atoms with Gasteiger partial charge in [0, 0.05) is 42.4 Å². The summed E-state index contributed by atoms with van der Waals surface area (Å²) in [5.74, 6) is 0.0402. The molecule has 1 N–H and O–H groups in total. The third kappa shape index (κ3) is 5.24. The van der Waals surface area contributed by atoms with Gasteiger partial charge in [-0.25, -0.2) is 0 Å². The first-order valence-electron chi connectivity index (χ1n) is 11.5. The molecule has 0 fully saturated rings. The van der Waals surface area contributed by atoms with E-state index in [0.29, 0.717) is 0 Å². The van der Waals surface area contributed by atoms with Crippen LogP contribution in [0.15, 0.2) is 42.5 Å². The van der Waals surface area contributed by atoms with Crippen LogP contribution < -0.4 is 5.32 Å². The summed E-state index contributed by atoms with van der Waals surface area (Å²) in [6.07, 6.45) is 0.944. The number of aromatic nitrogens is 1. The second-order valence-electron chi connectivity index (χ2n) is 10.5. The molecule has 32 heavy (non-hydrogen) atoms. The predicted octanol–water partition coefficient (Wildman–Crippen LogP) is 6.15. The van der Waals surface area contributed by atoms with Crippen LogP contribution in [0.4, 0.5) is 0 Å². The minimum Gasteiger partial charge on any atom is -0.385 e. The average molecular weight is 435 g/mol. The lowest BCUT2D eigenvalue weighted by Gasteiger charge is -2.30. The maximum absolute atomic E-state index is 13.0. The Kier molecular flexibility index (Phi) is 6.85. The molecule has 172 valence electrons. The molecule has 0 aliphatic rings. The van der Waals surface area contributed by atoms with Crippen LogP contribution in [0.2, 0.25) is 0 Å². The Bertz CT molecular complexity index is 1100. The second-order valence-corrected chi connectivity index (χ2v) is 10.5. The lowest BCUT2D eigenvalue weighted by Crippen LogP contribution is -2.48. The second kappa shape index (κ2) is 9.11. The van der Waals surface area contributed by atoms with Gasteiger partial charge in [-0.2, -0.15) is 0 Å². The number of carbonyl (C=O) groups is 1. The molecule has 0 saturated carbocycles. The minimum atomic E-state index is -0.625. The normalized spacial score (nSPS) is 12.4. The standard InChI is InChI=1S/C28H38N2O2/c1-19-14-20(2)16-21(15-19)25-18-22-17-23(28(6,7)26(31)29-27(3,4)5)10-11-24(22)30(25)12-9-13-32-8/h10-11,14-18H,9,12-13H2,1-8H3,(H,29,31). The number of nitrogens with one attached hydrogen (secondary N) is 1. The molecule has 0 aliphatic carbocycles. The Morgan fingerprint density at radius 2 is 1.62 bits per heavy atom. The van der Waals surface area contributed by atoms with Gasteiger partial charge < -0.3 is 14.6 Å². The molecule has 3 aromatic rings. The van der Waals surface area contributed by atoms with Gasteiger partial charge >= 0.3 is 0 Å². The molecule has 1 heterocycles. The molecule has 0 spiro atoms. The molecule has 0 aliphatic heterocycles. The summed E-state index contributed by atoms with van der Waals surface area (Å²) < 4.78 is 7.69.